The fourth-order valence-corrected chi connectivity index (χ4v) is 0.756. The van der Waals surface area contributed by atoms with E-state index in [-0.39, 0.29) is 0 Å². The molecular weight excluding hydrogens is 140 g/mol. The number of rotatable bonds is 1. The van der Waals surface area contributed by atoms with Gasteiger partial charge in [-0.25, -0.2) is 15.0 Å². The lowest BCUT2D eigenvalue weighted by molar-refractivity contribution is 0.917. The van der Waals surface area contributed by atoms with E-state index in [2.05, 4.69) is 21.3 Å². The van der Waals surface area contributed by atoms with Crippen molar-refractivity contribution in [3.05, 3.63) is 37.2 Å². The van der Waals surface area contributed by atoms with Crippen LogP contribution in [0.2, 0.25) is 0 Å². The lowest BCUT2D eigenvalue weighted by Gasteiger charge is -1.94. The fraction of sp³-hybridized carbons (Fsp3) is 0. The highest BCUT2D eigenvalue weighted by Crippen LogP contribution is 1.94. The highest BCUT2D eigenvalue weighted by Gasteiger charge is 1.94. The third-order valence-electron chi connectivity index (χ3n) is 1.22. The molecule has 0 N–H and O–H groups in total. The van der Waals surface area contributed by atoms with Gasteiger partial charge in [0.1, 0.15) is 0 Å². The van der Waals surface area contributed by atoms with E-state index in [9.17, 15) is 0 Å². The molecular formula is C7H5N4. The molecule has 0 aliphatic heterocycles. The first-order valence-electron chi connectivity index (χ1n) is 3.15. The van der Waals surface area contributed by atoms with Crippen LogP contribution < -0.4 is 0 Å². The SMILES string of the molecule is [c]1nccn1-c1ncccn1. The Morgan fingerprint density at radius 3 is 2.64 bits per heavy atom. The molecule has 0 saturated carbocycles. The van der Waals surface area contributed by atoms with Crippen molar-refractivity contribution < 1.29 is 0 Å². The minimum Gasteiger partial charge on any atom is -0.265 e. The van der Waals surface area contributed by atoms with Crippen molar-refractivity contribution in [1.82, 2.24) is 19.5 Å². The predicted octanol–water partition coefficient (Wildman–Crippen LogP) is 0.462. The standard InChI is InChI=1S/C7H5N4/c1-2-9-7(10-3-1)11-5-4-8-6-11/h1-5H. The van der Waals surface area contributed by atoms with Crippen LogP contribution in [0.5, 0.6) is 0 Å². The van der Waals surface area contributed by atoms with Gasteiger partial charge in [-0.3, -0.25) is 4.57 Å². The molecule has 0 fully saturated rings. The van der Waals surface area contributed by atoms with Gasteiger partial charge in [0.2, 0.25) is 5.95 Å². The minimum atomic E-state index is 0.588. The Kier molecular flexibility index (Phi) is 1.37. The monoisotopic (exact) mass is 145 g/mol. The average Bonchev–Trinajstić information content (AvgIpc) is 2.58. The second kappa shape index (κ2) is 2.49. The molecule has 1 radical (unpaired) electrons. The van der Waals surface area contributed by atoms with Crippen molar-refractivity contribution in [2.45, 2.75) is 0 Å². The number of aromatic nitrogens is 4. The second-order valence-corrected chi connectivity index (χ2v) is 1.95. The zero-order chi connectivity index (χ0) is 7.52. The van der Waals surface area contributed by atoms with Gasteiger partial charge in [-0.15, -0.1) is 0 Å². The summed E-state index contributed by atoms with van der Waals surface area (Å²) < 4.78 is 1.62. The number of hydrogen-bond acceptors (Lipinski definition) is 3. The molecule has 53 valence electrons. The zero-order valence-corrected chi connectivity index (χ0v) is 5.68. The third kappa shape index (κ3) is 1.10. The topological polar surface area (TPSA) is 43.6 Å². The van der Waals surface area contributed by atoms with Gasteiger partial charge in [0.05, 0.1) is 0 Å². The molecule has 11 heavy (non-hydrogen) atoms. The summed E-state index contributed by atoms with van der Waals surface area (Å²) >= 11 is 0. The lowest BCUT2D eigenvalue weighted by Crippen LogP contribution is -1.96. The van der Waals surface area contributed by atoms with E-state index in [0.717, 1.165) is 0 Å². The molecule has 2 rings (SSSR count). The first-order chi connectivity index (χ1) is 5.47. The van der Waals surface area contributed by atoms with Gasteiger partial charge in [0, 0.05) is 24.8 Å². The normalized spacial score (nSPS) is 9.82. The third-order valence-corrected chi connectivity index (χ3v) is 1.22. The number of imidazole rings is 1. The molecule has 0 aromatic carbocycles. The number of nitrogens with zero attached hydrogens (tertiary/aromatic N) is 4. The first kappa shape index (κ1) is 6.03. The van der Waals surface area contributed by atoms with Crippen molar-refractivity contribution in [3.63, 3.8) is 0 Å². The Morgan fingerprint density at radius 2 is 2.00 bits per heavy atom. The van der Waals surface area contributed by atoms with Crippen molar-refractivity contribution in [2.75, 3.05) is 0 Å². The van der Waals surface area contributed by atoms with E-state index in [0.29, 0.717) is 5.95 Å². The van der Waals surface area contributed by atoms with Crippen molar-refractivity contribution >= 4 is 0 Å². The van der Waals surface area contributed by atoms with Crippen LogP contribution in [-0.4, -0.2) is 19.5 Å². The van der Waals surface area contributed by atoms with E-state index < -0.39 is 0 Å². The first-order valence-corrected chi connectivity index (χ1v) is 3.15. The average molecular weight is 145 g/mol. The number of hydrogen-bond donors (Lipinski definition) is 0. The molecule has 4 heteroatoms. The van der Waals surface area contributed by atoms with Gasteiger partial charge in [-0.2, -0.15) is 0 Å². The summed E-state index contributed by atoms with van der Waals surface area (Å²) in [5.41, 5.74) is 0. The Bertz CT molecular complexity index is 313. The molecule has 0 aliphatic rings. The molecule has 0 unspecified atom stereocenters. The van der Waals surface area contributed by atoms with Gasteiger partial charge >= 0.3 is 0 Å². The Balaban J connectivity index is 2.46. The summed E-state index contributed by atoms with van der Waals surface area (Å²) in [5.74, 6) is 0.588. The van der Waals surface area contributed by atoms with Gasteiger partial charge in [-0.05, 0) is 6.07 Å². The van der Waals surface area contributed by atoms with Gasteiger partial charge in [-0.1, -0.05) is 0 Å². The molecule has 0 aliphatic carbocycles. The van der Waals surface area contributed by atoms with Gasteiger partial charge < -0.3 is 0 Å². The van der Waals surface area contributed by atoms with E-state index in [1.807, 2.05) is 0 Å². The highest BCUT2D eigenvalue weighted by atomic mass is 15.2. The van der Waals surface area contributed by atoms with Crippen LogP contribution in [0.3, 0.4) is 0 Å². The second-order valence-electron chi connectivity index (χ2n) is 1.95. The molecule has 2 aromatic heterocycles. The zero-order valence-electron chi connectivity index (χ0n) is 5.68. The van der Waals surface area contributed by atoms with E-state index >= 15 is 0 Å². The summed E-state index contributed by atoms with van der Waals surface area (Å²) in [6, 6.07) is 1.76. The molecule has 0 saturated heterocycles. The van der Waals surface area contributed by atoms with Crippen LogP contribution in [0.25, 0.3) is 5.95 Å². The predicted molar refractivity (Wildman–Crippen MR) is 38.0 cm³/mol. The maximum Gasteiger partial charge on any atom is 0.235 e. The maximum absolute atomic E-state index is 4.00. The maximum atomic E-state index is 4.00. The van der Waals surface area contributed by atoms with Crippen LogP contribution in [0, 0.1) is 6.33 Å². The Labute approximate surface area is 63.6 Å². The lowest BCUT2D eigenvalue weighted by atomic mass is 10.7. The molecule has 4 nitrogen and oxygen atoms in total. The fourth-order valence-electron chi connectivity index (χ4n) is 0.756. The molecule has 2 aromatic rings. The summed E-state index contributed by atoms with van der Waals surface area (Å²) in [6.45, 7) is 0. The van der Waals surface area contributed by atoms with Crippen molar-refractivity contribution in [2.24, 2.45) is 0 Å². The van der Waals surface area contributed by atoms with E-state index in [4.69, 9.17) is 0 Å². The highest BCUT2D eigenvalue weighted by molar-refractivity contribution is 5.08. The van der Waals surface area contributed by atoms with Gasteiger partial charge in [0.25, 0.3) is 0 Å². The Hall–Kier alpha value is -1.71. The smallest absolute Gasteiger partial charge is 0.235 e. The molecule has 0 amide bonds. The summed E-state index contributed by atoms with van der Waals surface area (Å²) in [6.07, 6.45) is 9.43. The quantitative estimate of drug-likeness (QED) is 0.585. The summed E-state index contributed by atoms with van der Waals surface area (Å²) in [4.78, 5) is 11.8. The molecule has 2 heterocycles. The molecule has 0 atom stereocenters. The summed E-state index contributed by atoms with van der Waals surface area (Å²) in [7, 11) is 0. The van der Waals surface area contributed by atoms with Crippen LogP contribution in [0.15, 0.2) is 30.9 Å². The van der Waals surface area contributed by atoms with Crippen LogP contribution in [0.4, 0.5) is 0 Å². The minimum absolute atomic E-state index is 0.588. The molecule has 0 spiro atoms. The van der Waals surface area contributed by atoms with Crippen molar-refractivity contribution in [1.29, 1.82) is 0 Å². The van der Waals surface area contributed by atoms with Gasteiger partial charge in [0.15, 0.2) is 6.33 Å². The summed E-state index contributed by atoms with van der Waals surface area (Å²) in [5, 5.41) is 0. The van der Waals surface area contributed by atoms with Crippen LogP contribution in [-0.2, 0) is 0 Å². The van der Waals surface area contributed by atoms with Crippen LogP contribution in [0.1, 0.15) is 0 Å². The molecule has 0 bridgehead atoms. The van der Waals surface area contributed by atoms with Crippen molar-refractivity contribution in [3.8, 4) is 5.95 Å². The van der Waals surface area contributed by atoms with E-state index in [1.54, 1.807) is 35.4 Å². The largest absolute Gasteiger partial charge is 0.265 e. The van der Waals surface area contributed by atoms with E-state index in [1.165, 1.54) is 0 Å². The Morgan fingerprint density at radius 1 is 1.18 bits per heavy atom. The van der Waals surface area contributed by atoms with Crippen LogP contribution >= 0.6 is 0 Å².